The summed E-state index contributed by atoms with van der Waals surface area (Å²) in [6, 6.07) is 169. The monoisotopic (exact) mass is 1800 g/mol. The van der Waals surface area contributed by atoms with Gasteiger partial charge in [0.2, 0.25) is 0 Å². The molecule has 0 fully saturated rings. The number of hydrogen-bond donors (Lipinski definition) is 0. The summed E-state index contributed by atoms with van der Waals surface area (Å²) < 4.78 is 0. The summed E-state index contributed by atoms with van der Waals surface area (Å²) >= 11 is 0. The quantitative estimate of drug-likeness (QED) is 0.113. The van der Waals surface area contributed by atoms with Crippen molar-refractivity contribution in [3.8, 4) is 168 Å². The van der Waals surface area contributed by atoms with Crippen LogP contribution in [0.3, 0.4) is 0 Å². The van der Waals surface area contributed by atoms with E-state index >= 15 is 0 Å². The van der Waals surface area contributed by atoms with Crippen LogP contribution in [0.15, 0.2) is 473 Å². The van der Waals surface area contributed by atoms with E-state index in [0.717, 1.165) is 85.0 Å². The molecule has 27 rings (SSSR count). The van der Waals surface area contributed by atoms with Crippen molar-refractivity contribution in [1.29, 1.82) is 0 Å². The molecule has 141 heavy (non-hydrogen) atoms. The van der Waals surface area contributed by atoms with Crippen LogP contribution in [-0.4, -0.2) is 29.9 Å². The lowest BCUT2D eigenvalue weighted by Gasteiger charge is -2.24. The first kappa shape index (κ1) is 85.1. The molecular formula is C135H96N6. The molecule has 0 amide bonds. The molecule has 0 unspecified atom stereocenters. The maximum Gasteiger partial charge on any atom is 0.160 e. The largest absolute Gasteiger partial charge is 0.228 e. The molecular weight excluding hydrogens is 1710 g/mol. The molecule has 24 aromatic rings. The summed E-state index contributed by atoms with van der Waals surface area (Å²) in [6.07, 6.45) is 0. The SMILES string of the molecule is CC1(C)c2cc(-c3c4ccccc4c(-c4ccccc4)c4ccccc34)ccc2-c2nc(-c3ccccc3)nc(-c3ccccc3)c21.CC1(C)c2ccc(-c3c4ccccc4c(-c4ccccc4)c4ccccc34)cc2-c2nc(-c3ccccc3)nc(-c3ccccc3)c21.CC1(C)c2ccccc2-c2nc(-c3ccccc3)nc(-c3ccc(-c4c5ccccc5c(-c5ccccc5)c5ccccc45)cc3)c21. The Hall–Kier alpha value is -17.6. The number of aromatic nitrogens is 6. The van der Waals surface area contributed by atoms with Gasteiger partial charge < -0.3 is 0 Å². The van der Waals surface area contributed by atoms with E-state index in [1.165, 1.54) is 181 Å². The summed E-state index contributed by atoms with van der Waals surface area (Å²) in [5.41, 5.74) is 37.5. The van der Waals surface area contributed by atoms with Gasteiger partial charge in [0.15, 0.2) is 17.5 Å². The summed E-state index contributed by atoms with van der Waals surface area (Å²) in [7, 11) is 0. The van der Waals surface area contributed by atoms with Crippen LogP contribution < -0.4 is 0 Å². The summed E-state index contributed by atoms with van der Waals surface area (Å²) in [5.74, 6) is 2.26. The highest BCUT2D eigenvalue weighted by atomic mass is 14.9. The second-order valence-corrected chi connectivity index (χ2v) is 38.8. The van der Waals surface area contributed by atoms with Crippen LogP contribution >= 0.6 is 0 Å². The third-order valence-corrected chi connectivity index (χ3v) is 29.6. The molecule has 0 spiro atoms. The molecule has 3 aliphatic rings. The van der Waals surface area contributed by atoms with Gasteiger partial charge in [-0.05, 0) is 160 Å². The van der Waals surface area contributed by atoms with Crippen LogP contribution in [-0.2, 0) is 16.2 Å². The van der Waals surface area contributed by atoms with Crippen LogP contribution in [0.5, 0.6) is 0 Å². The normalized spacial score (nSPS) is 13.1. The predicted octanol–water partition coefficient (Wildman–Crippen LogP) is 35.3. The van der Waals surface area contributed by atoms with Gasteiger partial charge in [-0.1, -0.05) is 503 Å². The molecule has 21 aromatic carbocycles. The number of rotatable bonds is 12. The third kappa shape index (κ3) is 14.4. The minimum absolute atomic E-state index is 0.227. The van der Waals surface area contributed by atoms with E-state index in [9.17, 15) is 0 Å². The van der Waals surface area contributed by atoms with Crippen molar-refractivity contribution in [2.45, 2.75) is 57.8 Å². The maximum absolute atomic E-state index is 5.35. The van der Waals surface area contributed by atoms with E-state index in [1.807, 2.05) is 18.2 Å². The molecule has 3 aromatic heterocycles. The molecule has 666 valence electrons. The Bertz CT molecular complexity index is 8850. The fraction of sp³-hybridized carbons (Fsp3) is 0.0667. The Kier molecular flexibility index (Phi) is 20.9. The van der Waals surface area contributed by atoms with E-state index in [-0.39, 0.29) is 16.2 Å². The van der Waals surface area contributed by atoms with E-state index in [0.29, 0.717) is 0 Å². The molecule has 0 bridgehead atoms. The zero-order valence-corrected chi connectivity index (χ0v) is 79.2. The molecule has 0 radical (unpaired) electrons. The highest BCUT2D eigenvalue weighted by molar-refractivity contribution is 6.25. The lowest BCUT2D eigenvalue weighted by molar-refractivity contribution is 0.657. The Morgan fingerprint density at radius 1 is 0.135 bits per heavy atom. The van der Waals surface area contributed by atoms with Gasteiger partial charge >= 0.3 is 0 Å². The highest BCUT2D eigenvalue weighted by Crippen LogP contribution is 2.58. The van der Waals surface area contributed by atoms with Gasteiger partial charge in [-0.2, -0.15) is 0 Å². The summed E-state index contributed by atoms with van der Waals surface area (Å²) in [4.78, 5) is 31.6. The predicted molar refractivity (Wildman–Crippen MR) is 589 cm³/mol. The number of hydrogen-bond acceptors (Lipinski definition) is 6. The Balaban J connectivity index is 0.000000111. The van der Waals surface area contributed by atoms with Crippen molar-refractivity contribution in [2.24, 2.45) is 0 Å². The van der Waals surface area contributed by atoms with Crippen molar-refractivity contribution < 1.29 is 0 Å². The second-order valence-electron chi connectivity index (χ2n) is 38.8. The topological polar surface area (TPSA) is 77.3 Å². The van der Waals surface area contributed by atoms with Crippen LogP contribution in [0.4, 0.5) is 0 Å². The first-order valence-electron chi connectivity index (χ1n) is 48.8. The number of fused-ring (bicyclic) bond motifs is 15. The molecule has 0 saturated carbocycles. The minimum Gasteiger partial charge on any atom is -0.228 e. The number of benzene rings is 21. The average Bonchev–Trinajstić information content (AvgIpc) is 1.71. The van der Waals surface area contributed by atoms with Gasteiger partial charge in [-0.15, -0.1) is 0 Å². The molecule has 0 atom stereocenters. The van der Waals surface area contributed by atoms with Crippen molar-refractivity contribution in [3.05, 3.63) is 507 Å². The van der Waals surface area contributed by atoms with Gasteiger partial charge in [0.05, 0.1) is 34.2 Å². The smallest absolute Gasteiger partial charge is 0.160 e. The Labute approximate surface area is 821 Å². The lowest BCUT2D eigenvalue weighted by atomic mass is 9.79. The van der Waals surface area contributed by atoms with Gasteiger partial charge in [0.25, 0.3) is 0 Å². The molecule has 0 saturated heterocycles. The maximum atomic E-state index is 5.35. The van der Waals surface area contributed by atoms with Crippen molar-refractivity contribution in [3.63, 3.8) is 0 Å². The first-order valence-corrected chi connectivity index (χ1v) is 48.8. The zero-order valence-electron chi connectivity index (χ0n) is 79.2. The second kappa shape index (κ2) is 34.6. The minimum atomic E-state index is -0.309. The fourth-order valence-electron chi connectivity index (χ4n) is 23.1. The molecule has 0 N–H and O–H groups in total. The van der Waals surface area contributed by atoms with E-state index < -0.39 is 0 Å². The van der Waals surface area contributed by atoms with Gasteiger partial charge in [-0.25, -0.2) is 29.9 Å². The molecule has 6 nitrogen and oxygen atoms in total. The Morgan fingerprint density at radius 2 is 0.326 bits per heavy atom. The molecule has 3 heterocycles. The van der Waals surface area contributed by atoms with Crippen LogP contribution in [0.2, 0.25) is 0 Å². The lowest BCUT2D eigenvalue weighted by Crippen LogP contribution is -2.17. The fourth-order valence-corrected chi connectivity index (χ4v) is 23.1. The first-order chi connectivity index (χ1) is 69.3. The van der Waals surface area contributed by atoms with E-state index in [2.05, 4.69) is 497 Å². The van der Waals surface area contributed by atoms with E-state index in [4.69, 9.17) is 29.9 Å². The van der Waals surface area contributed by atoms with Crippen molar-refractivity contribution >= 4 is 64.6 Å². The van der Waals surface area contributed by atoms with Crippen molar-refractivity contribution in [1.82, 2.24) is 29.9 Å². The zero-order chi connectivity index (χ0) is 94.6. The van der Waals surface area contributed by atoms with Crippen LogP contribution in [0.25, 0.3) is 233 Å². The molecule has 3 aliphatic carbocycles. The number of nitrogens with zero attached hydrogens (tertiary/aromatic N) is 6. The standard InChI is InChI=1S/3C45H32N2/c1-45(2)38-27-26-32(40-35-24-14-12-22-33(35)39(29-16-6-3-7-17-29)34-23-13-15-25-36(34)40)28-37(38)43-41(45)42(30-18-8-4-9-19-30)46-44(47-43)31-20-10-5-11-21-31;1-45(2)38-28-32(40-35-24-14-12-22-33(35)39(29-16-6-3-7-17-29)34-23-13-15-25-36(34)40)26-27-37(38)43-41(45)42(30-18-8-4-9-19-30)46-44(47-43)31-20-10-5-11-21-31;1-45(2)38-24-14-13-23-37(38)43-41(45)42(46-44(47-43)32-17-7-4-8-18-32)31-27-25-30(26-28-31)40-35-21-11-9-19-33(35)39(29-15-5-3-6-16-29)34-20-10-12-22-36(34)40/h3*3-28H,1-2H3. The summed E-state index contributed by atoms with van der Waals surface area (Å²) in [5, 5.41) is 15.1. The van der Waals surface area contributed by atoms with Gasteiger partial charge in [-0.3, -0.25) is 0 Å². The van der Waals surface area contributed by atoms with Gasteiger partial charge in [0, 0.05) is 83.0 Å². The van der Waals surface area contributed by atoms with Crippen molar-refractivity contribution in [2.75, 3.05) is 0 Å². The van der Waals surface area contributed by atoms with Crippen LogP contribution in [0.1, 0.15) is 74.9 Å². The molecule has 6 heteroatoms. The van der Waals surface area contributed by atoms with Gasteiger partial charge in [0.1, 0.15) is 0 Å². The van der Waals surface area contributed by atoms with E-state index in [1.54, 1.807) is 0 Å². The van der Waals surface area contributed by atoms with Crippen LogP contribution in [0, 0.1) is 0 Å². The average molecular weight is 1800 g/mol. The molecule has 0 aliphatic heterocycles. The highest BCUT2D eigenvalue weighted by Gasteiger charge is 2.44. The summed E-state index contributed by atoms with van der Waals surface area (Å²) in [6.45, 7) is 13.9. The Morgan fingerprint density at radius 3 is 0.638 bits per heavy atom. The third-order valence-electron chi connectivity index (χ3n) is 29.6.